The smallest absolute Gasteiger partial charge is 0.225 e. The monoisotopic (exact) mass is 197 g/mol. The van der Waals surface area contributed by atoms with E-state index in [1.54, 1.807) is 0 Å². The number of hydrogen-bond donors (Lipinski definition) is 0. The molecule has 0 N–H and O–H groups in total. The van der Waals surface area contributed by atoms with E-state index in [4.69, 9.17) is 0 Å². The number of likely N-dealkylation sites (tertiary alicyclic amines) is 1. The number of nitrogens with zero attached hydrogens (tertiary/aromatic N) is 1. The summed E-state index contributed by atoms with van der Waals surface area (Å²) < 4.78 is 0. The molecular formula is C12H23NO. The molecule has 82 valence electrons. The van der Waals surface area contributed by atoms with Gasteiger partial charge in [-0.3, -0.25) is 4.79 Å². The van der Waals surface area contributed by atoms with Gasteiger partial charge in [0.25, 0.3) is 0 Å². The Morgan fingerprint density at radius 2 is 2.07 bits per heavy atom. The van der Waals surface area contributed by atoms with Crippen molar-refractivity contribution in [3.05, 3.63) is 0 Å². The van der Waals surface area contributed by atoms with Crippen molar-refractivity contribution in [1.82, 2.24) is 4.90 Å². The SMILES string of the molecule is CCC1CCCCCN1C(=O)C(C)C. The van der Waals surface area contributed by atoms with Crippen LogP contribution in [0, 0.1) is 5.92 Å². The van der Waals surface area contributed by atoms with Gasteiger partial charge in [0, 0.05) is 18.5 Å². The van der Waals surface area contributed by atoms with Crippen LogP contribution in [-0.2, 0) is 4.79 Å². The first-order chi connectivity index (χ1) is 6.66. The maximum atomic E-state index is 11.9. The third-order valence-corrected chi connectivity index (χ3v) is 3.13. The number of carbonyl (C=O) groups excluding carboxylic acids is 1. The van der Waals surface area contributed by atoms with Gasteiger partial charge in [-0.15, -0.1) is 0 Å². The molecule has 1 fully saturated rings. The molecule has 14 heavy (non-hydrogen) atoms. The Kier molecular flexibility index (Phi) is 4.43. The molecule has 1 aliphatic heterocycles. The Hall–Kier alpha value is -0.530. The van der Waals surface area contributed by atoms with E-state index in [-0.39, 0.29) is 5.92 Å². The fourth-order valence-corrected chi connectivity index (χ4v) is 2.22. The minimum absolute atomic E-state index is 0.155. The summed E-state index contributed by atoms with van der Waals surface area (Å²) in [4.78, 5) is 14.1. The summed E-state index contributed by atoms with van der Waals surface area (Å²) in [6, 6.07) is 0.507. The molecule has 0 bridgehead atoms. The van der Waals surface area contributed by atoms with Gasteiger partial charge >= 0.3 is 0 Å². The normalized spacial score (nSPS) is 23.7. The molecule has 1 heterocycles. The highest BCUT2D eigenvalue weighted by atomic mass is 16.2. The van der Waals surface area contributed by atoms with Crippen LogP contribution >= 0.6 is 0 Å². The summed E-state index contributed by atoms with van der Waals surface area (Å²) in [5, 5.41) is 0. The highest BCUT2D eigenvalue weighted by molar-refractivity contribution is 5.78. The molecule has 0 spiro atoms. The van der Waals surface area contributed by atoms with Gasteiger partial charge in [0.1, 0.15) is 0 Å². The molecule has 2 heteroatoms. The minimum Gasteiger partial charge on any atom is -0.340 e. The molecule has 0 aliphatic carbocycles. The van der Waals surface area contributed by atoms with E-state index in [0.717, 1.165) is 13.0 Å². The van der Waals surface area contributed by atoms with Crippen LogP contribution in [0.1, 0.15) is 52.9 Å². The van der Waals surface area contributed by atoms with E-state index in [2.05, 4.69) is 11.8 Å². The number of rotatable bonds is 2. The number of hydrogen-bond acceptors (Lipinski definition) is 1. The van der Waals surface area contributed by atoms with Gasteiger partial charge in [-0.1, -0.05) is 33.6 Å². The maximum Gasteiger partial charge on any atom is 0.225 e. The molecule has 1 aliphatic rings. The second-order valence-electron chi connectivity index (χ2n) is 4.60. The van der Waals surface area contributed by atoms with Crippen LogP contribution in [0.3, 0.4) is 0 Å². The van der Waals surface area contributed by atoms with Crippen molar-refractivity contribution < 1.29 is 4.79 Å². The third-order valence-electron chi connectivity index (χ3n) is 3.13. The first-order valence-electron chi connectivity index (χ1n) is 5.97. The lowest BCUT2D eigenvalue weighted by molar-refractivity contribution is -0.136. The predicted molar refractivity (Wildman–Crippen MR) is 59.1 cm³/mol. The fourth-order valence-electron chi connectivity index (χ4n) is 2.22. The predicted octanol–water partition coefficient (Wildman–Crippen LogP) is 2.82. The molecule has 1 saturated heterocycles. The second-order valence-corrected chi connectivity index (χ2v) is 4.60. The molecule has 0 aromatic carbocycles. The van der Waals surface area contributed by atoms with E-state index in [9.17, 15) is 4.79 Å². The van der Waals surface area contributed by atoms with Crippen LogP contribution in [0.2, 0.25) is 0 Å². The van der Waals surface area contributed by atoms with Gasteiger partial charge in [-0.25, -0.2) is 0 Å². The molecule has 0 saturated carbocycles. The van der Waals surface area contributed by atoms with Gasteiger partial charge in [0.15, 0.2) is 0 Å². The largest absolute Gasteiger partial charge is 0.340 e. The van der Waals surface area contributed by atoms with E-state index in [1.165, 1.54) is 25.7 Å². The lowest BCUT2D eigenvalue weighted by atomic mass is 10.1. The molecule has 2 nitrogen and oxygen atoms in total. The van der Waals surface area contributed by atoms with Crippen LogP contribution in [0.15, 0.2) is 0 Å². The summed E-state index contributed by atoms with van der Waals surface area (Å²) in [6.07, 6.45) is 6.08. The van der Waals surface area contributed by atoms with Crippen LogP contribution < -0.4 is 0 Å². The standard InChI is InChI=1S/C12H23NO/c1-4-11-8-6-5-7-9-13(11)12(14)10(2)3/h10-11H,4-9H2,1-3H3. The van der Waals surface area contributed by atoms with Crippen molar-refractivity contribution >= 4 is 5.91 Å². The Bertz CT molecular complexity index is 189. The van der Waals surface area contributed by atoms with E-state index in [0.29, 0.717) is 11.9 Å². The van der Waals surface area contributed by atoms with E-state index in [1.807, 2.05) is 13.8 Å². The molecular weight excluding hydrogens is 174 g/mol. The number of carbonyl (C=O) groups is 1. The van der Waals surface area contributed by atoms with E-state index >= 15 is 0 Å². The molecule has 0 aromatic heterocycles. The number of amides is 1. The first kappa shape index (κ1) is 11.5. The average Bonchev–Trinajstić information content (AvgIpc) is 2.40. The van der Waals surface area contributed by atoms with Crippen LogP contribution in [-0.4, -0.2) is 23.4 Å². The van der Waals surface area contributed by atoms with Crippen LogP contribution in [0.5, 0.6) is 0 Å². The Morgan fingerprint density at radius 3 is 2.64 bits per heavy atom. The summed E-state index contributed by atoms with van der Waals surface area (Å²) in [5.41, 5.74) is 0. The molecule has 1 amide bonds. The maximum absolute atomic E-state index is 11.9. The second kappa shape index (κ2) is 5.38. The minimum atomic E-state index is 0.155. The Balaban J connectivity index is 2.65. The zero-order chi connectivity index (χ0) is 10.6. The summed E-state index contributed by atoms with van der Waals surface area (Å²) >= 11 is 0. The van der Waals surface area contributed by atoms with Crippen molar-refractivity contribution in [2.45, 2.75) is 58.9 Å². The Labute approximate surface area is 87.7 Å². The van der Waals surface area contributed by atoms with Gasteiger partial charge in [-0.05, 0) is 19.3 Å². The van der Waals surface area contributed by atoms with Crippen LogP contribution in [0.25, 0.3) is 0 Å². The van der Waals surface area contributed by atoms with Gasteiger partial charge in [0.2, 0.25) is 5.91 Å². The summed E-state index contributed by atoms with van der Waals surface area (Å²) in [6.45, 7) is 7.17. The van der Waals surface area contributed by atoms with Gasteiger partial charge in [0.05, 0.1) is 0 Å². The topological polar surface area (TPSA) is 20.3 Å². The molecule has 1 rings (SSSR count). The molecule has 0 aromatic rings. The van der Waals surface area contributed by atoms with Gasteiger partial charge < -0.3 is 4.90 Å². The highest BCUT2D eigenvalue weighted by Crippen LogP contribution is 2.20. The molecule has 0 radical (unpaired) electrons. The van der Waals surface area contributed by atoms with Crippen molar-refractivity contribution in [3.63, 3.8) is 0 Å². The van der Waals surface area contributed by atoms with Crippen molar-refractivity contribution in [2.75, 3.05) is 6.54 Å². The average molecular weight is 197 g/mol. The summed E-state index contributed by atoms with van der Waals surface area (Å²) in [5.74, 6) is 0.501. The quantitative estimate of drug-likeness (QED) is 0.666. The zero-order valence-corrected chi connectivity index (χ0v) is 9.75. The van der Waals surface area contributed by atoms with Gasteiger partial charge in [-0.2, -0.15) is 0 Å². The summed E-state index contributed by atoms with van der Waals surface area (Å²) in [7, 11) is 0. The molecule has 1 unspecified atom stereocenters. The van der Waals surface area contributed by atoms with Crippen molar-refractivity contribution in [3.8, 4) is 0 Å². The van der Waals surface area contributed by atoms with Crippen molar-refractivity contribution in [1.29, 1.82) is 0 Å². The lowest BCUT2D eigenvalue weighted by Gasteiger charge is -2.30. The lowest BCUT2D eigenvalue weighted by Crippen LogP contribution is -2.41. The van der Waals surface area contributed by atoms with Crippen molar-refractivity contribution in [2.24, 2.45) is 5.92 Å². The molecule has 1 atom stereocenters. The third kappa shape index (κ3) is 2.73. The zero-order valence-electron chi connectivity index (χ0n) is 9.75. The Morgan fingerprint density at radius 1 is 1.36 bits per heavy atom. The first-order valence-corrected chi connectivity index (χ1v) is 5.97. The van der Waals surface area contributed by atoms with E-state index < -0.39 is 0 Å². The highest BCUT2D eigenvalue weighted by Gasteiger charge is 2.25. The van der Waals surface area contributed by atoms with Crippen LogP contribution in [0.4, 0.5) is 0 Å². The fraction of sp³-hybridized carbons (Fsp3) is 0.917.